The summed E-state index contributed by atoms with van der Waals surface area (Å²) in [7, 11) is 0. The smallest absolute Gasteiger partial charge is 0.259 e. The summed E-state index contributed by atoms with van der Waals surface area (Å²) in [6, 6.07) is 5.58. The first-order chi connectivity index (χ1) is 12.5. The predicted molar refractivity (Wildman–Crippen MR) is 97.6 cm³/mol. The highest BCUT2D eigenvalue weighted by atomic mass is 16.5. The Kier molecular flexibility index (Phi) is 4.16. The molecule has 2 N–H and O–H groups in total. The molecule has 1 amide bonds. The number of rotatable bonds is 3. The van der Waals surface area contributed by atoms with Crippen molar-refractivity contribution < 1.29 is 9.32 Å². The van der Waals surface area contributed by atoms with E-state index in [0.29, 0.717) is 35.4 Å². The molecule has 1 fully saturated rings. The highest BCUT2D eigenvalue weighted by molar-refractivity contribution is 6.07. The van der Waals surface area contributed by atoms with Crippen LogP contribution in [0.3, 0.4) is 0 Å². The molecule has 1 saturated heterocycles. The van der Waals surface area contributed by atoms with Crippen LogP contribution < -0.4 is 5.73 Å². The van der Waals surface area contributed by atoms with Gasteiger partial charge in [0.15, 0.2) is 0 Å². The zero-order valence-electron chi connectivity index (χ0n) is 14.8. The number of likely N-dealkylation sites (tertiary alicyclic amines) is 1. The summed E-state index contributed by atoms with van der Waals surface area (Å²) in [5.41, 5.74) is 9.14. The van der Waals surface area contributed by atoms with Crippen LogP contribution in [0.15, 0.2) is 35.1 Å². The maximum absolute atomic E-state index is 13.2. The molecular formula is C19H21N5O2. The molecule has 0 radical (unpaired) electrons. The Morgan fingerprint density at radius 1 is 1.42 bits per heavy atom. The Bertz CT molecular complexity index is 951. The van der Waals surface area contributed by atoms with E-state index in [1.165, 1.54) is 0 Å². The van der Waals surface area contributed by atoms with Crippen molar-refractivity contribution in [1.82, 2.24) is 20.0 Å². The number of pyridine rings is 2. The van der Waals surface area contributed by atoms with E-state index in [1.54, 1.807) is 17.3 Å². The van der Waals surface area contributed by atoms with Crippen LogP contribution in [-0.2, 0) is 0 Å². The molecule has 1 aliphatic rings. The molecule has 7 heteroatoms. The lowest BCUT2D eigenvalue weighted by Crippen LogP contribution is -2.32. The monoisotopic (exact) mass is 351 g/mol. The minimum atomic E-state index is -0.0550. The molecule has 26 heavy (non-hydrogen) atoms. The molecule has 0 unspecified atom stereocenters. The van der Waals surface area contributed by atoms with Gasteiger partial charge < -0.3 is 15.2 Å². The standard InChI is InChI=1S/C19H21N5O2/c1-11(2)17-16-14(19(25)24-7-5-13(20)10-24)8-15(22-18(16)26-23-17)12-4-3-6-21-9-12/h3-4,6,8-9,11,13H,5,7,10,20H2,1-2H3/t13-/m1/s1. The van der Waals surface area contributed by atoms with E-state index in [-0.39, 0.29) is 17.9 Å². The Morgan fingerprint density at radius 3 is 2.92 bits per heavy atom. The SMILES string of the molecule is CC(C)c1noc2nc(-c3cccnc3)cc(C(=O)N3CC[C@@H](N)C3)c12. The number of amides is 1. The normalized spacial score (nSPS) is 17.4. The third kappa shape index (κ3) is 2.84. The van der Waals surface area contributed by atoms with Crippen LogP contribution >= 0.6 is 0 Å². The molecule has 1 atom stereocenters. The van der Waals surface area contributed by atoms with Crippen molar-refractivity contribution in [1.29, 1.82) is 0 Å². The molecule has 1 aliphatic heterocycles. The van der Waals surface area contributed by atoms with E-state index in [9.17, 15) is 4.79 Å². The van der Waals surface area contributed by atoms with Gasteiger partial charge in [0.2, 0.25) is 0 Å². The number of carbonyl (C=O) groups is 1. The lowest BCUT2D eigenvalue weighted by Gasteiger charge is -2.17. The minimum absolute atomic E-state index is 0.0288. The van der Waals surface area contributed by atoms with E-state index in [0.717, 1.165) is 17.7 Å². The Hall–Kier alpha value is -2.80. The molecular weight excluding hydrogens is 330 g/mol. The van der Waals surface area contributed by atoms with E-state index in [2.05, 4.69) is 15.1 Å². The first kappa shape index (κ1) is 16.7. The largest absolute Gasteiger partial charge is 0.337 e. The zero-order chi connectivity index (χ0) is 18.3. The fourth-order valence-electron chi connectivity index (χ4n) is 3.34. The van der Waals surface area contributed by atoms with Crippen molar-refractivity contribution >= 4 is 17.0 Å². The van der Waals surface area contributed by atoms with E-state index in [1.807, 2.05) is 32.0 Å². The maximum Gasteiger partial charge on any atom is 0.259 e. The topological polar surface area (TPSA) is 98.1 Å². The molecule has 3 aromatic rings. The number of aromatic nitrogens is 3. The van der Waals surface area contributed by atoms with Gasteiger partial charge in [-0.25, -0.2) is 4.98 Å². The molecule has 0 aliphatic carbocycles. The molecule has 0 aromatic carbocycles. The molecule has 0 spiro atoms. The summed E-state index contributed by atoms with van der Waals surface area (Å²) in [6.45, 7) is 5.26. The first-order valence-electron chi connectivity index (χ1n) is 8.80. The number of carbonyl (C=O) groups excluding carboxylic acids is 1. The van der Waals surface area contributed by atoms with E-state index in [4.69, 9.17) is 10.3 Å². The van der Waals surface area contributed by atoms with Gasteiger partial charge in [-0.15, -0.1) is 0 Å². The third-order valence-corrected chi connectivity index (χ3v) is 4.72. The van der Waals surface area contributed by atoms with Crippen LogP contribution in [0.25, 0.3) is 22.4 Å². The van der Waals surface area contributed by atoms with Gasteiger partial charge in [-0.1, -0.05) is 19.0 Å². The summed E-state index contributed by atoms with van der Waals surface area (Å²) in [5, 5.41) is 4.86. The fraction of sp³-hybridized carbons (Fsp3) is 0.368. The summed E-state index contributed by atoms with van der Waals surface area (Å²) in [5.74, 6) is 0.0651. The average molecular weight is 351 g/mol. The minimum Gasteiger partial charge on any atom is -0.337 e. The van der Waals surface area contributed by atoms with Gasteiger partial charge in [-0.05, 0) is 30.5 Å². The van der Waals surface area contributed by atoms with Crippen LogP contribution in [0, 0.1) is 0 Å². The summed E-state index contributed by atoms with van der Waals surface area (Å²) in [4.78, 5) is 23.7. The Morgan fingerprint density at radius 2 is 2.27 bits per heavy atom. The van der Waals surface area contributed by atoms with Crippen molar-refractivity contribution in [2.45, 2.75) is 32.2 Å². The van der Waals surface area contributed by atoms with Crippen LogP contribution in [0.2, 0.25) is 0 Å². The lowest BCUT2D eigenvalue weighted by molar-refractivity contribution is 0.0792. The zero-order valence-corrected chi connectivity index (χ0v) is 14.8. The first-order valence-corrected chi connectivity index (χ1v) is 8.80. The number of nitrogens with two attached hydrogens (primary N) is 1. The predicted octanol–water partition coefficient (Wildman–Crippen LogP) is 2.58. The van der Waals surface area contributed by atoms with Crippen LogP contribution in [-0.4, -0.2) is 45.1 Å². The van der Waals surface area contributed by atoms with E-state index >= 15 is 0 Å². The Labute approximate surface area is 151 Å². The van der Waals surface area contributed by atoms with Gasteiger partial charge in [0.25, 0.3) is 11.6 Å². The second-order valence-electron chi connectivity index (χ2n) is 7.00. The third-order valence-electron chi connectivity index (χ3n) is 4.72. The number of hydrogen-bond acceptors (Lipinski definition) is 6. The van der Waals surface area contributed by atoms with Crippen LogP contribution in [0.5, 0.6) is 0 Å². The van der Waals surface area contributed by atoms with Gasteiger partial charge >= 0.3 is 0 Å². The molecule has 134 valence electrons. The average Bonchev–Trinajstić information content (AvgIpc) is 3.27. The van der Waals surface area contributed by atoms with Gasteiger partial charge in [-0.3, -0.25) is 9.78 Å². The number of fused-ring (bicyclic) bond motifs is 1. The van der Waals surface area contributed by atoms with Gasteiger partial charge in [0, 0.05) is 37.1 Å². The second kappa shape index (κ2) is 6.49. The molecule has 3 aromatic heterocycles. The summed E-state index contributed by atoms with van der Waals surface area (Å²) in [6.07, 6.45) is 4.23. The molecule has 0 saturated carbocycles. The van der Waals surface area contributed by atoms with Gasteiger partial charge in [-0.2, -0.15) is 0 Å². The van der Waals surface area contributed by atoms with Crippen molar-refractivity contribution in [3.8, 4) is 11.3 Å². The van der Waals surface area contributed by atoms with Gasteiger partial charge in [0.1, 0.15) is 0 Å². The number of hydrogen-bond donors (Lipinski definition) is 1. The lowest BCUT2D eigenvalue weighted by atomic mass is 10.0. The molecule has 4 rings (SSSR count). The summed E-state index contributed by atoms with van der Waals surface area (Å²) >= 11 is 0. The van der Waals surface area contributed by atoms with Crippen molar-refractivity contribution in [2.24, 2.45) is 5.73 Å². The van der Waals surface area contributed by atoms with Crippen molar-refractivity contribution in [3.63, 3.8) is 0 Å². The maximum atomic E-state index is 13.2. The quantitative estimate of drug-likeness (QED) is 0.779. The van der Waals surface area contributed by atoms with Crippen molar-refractivity contribution in [3.05, 3.63) is 41.9 Å². The van der Waals surface area contributed by atoms with Gasteiger partial charge in [0.05, 0.1) is 22.3 Å². The fourth-order valence-corrected chi connectivity index (χ4v) is 3.34. The number of nitrogens with zero attached hydrogens (tertiary/aromatic N) is 4. The molecule has 0 bridgehead atoms. The highest BCUT2D eigenvalue weighted by Gasteiger charge is 2.29. The summed E-state index contributed by atoms with van der Waals surface area (Å²) < 4.78 is 5.47. The highest BCUT2D eigenvalue weighted by Crippen LogP contribution is 2.31. The van der Waals surface area contributed by atoms with Crippen LogP contribution in [0.1, 0.15) is 42.2 Å². The molecule has 4 heterocycles. The molecule has 7 nitrogen and oxygen atoms in total. The van der Waals surface area contributed by atoms with E-state index < -0.39 is 0 Å². The van der Waals surface area contributed by atoms with Crippen LogP contribution in [0.4, 0.5) is 0 Å². The Balaban J connectivity index is 1.89. The second-order valence-corrected chi connectivity index (χ2v) is 7.00. The van der Waals surface area contributed by atoms with Crippen molar-refractivity contribution in [2.75, 3.05) is 13.1 Å².